The van der Waals surface area contributed by atoms with E-state index < -0.39 is 6.04 Å². The summed E-state index contributed by atoms with van der Waals surface area (Å²) in [7, 11) is 3.15. The van der Waals surface area contributed by atoms with Gasteiger partial charge in [0, 0.05) is 20.7 Å². The summed E-state index contributed by atoms with van der Waals surface area (Å²) in [6, 6.07) is -0.512. The molecule has 0 heterocycles. The number of likely N-dealkylation sites (N-methyl/N-ethyl adjacent to an activating group) is 1. The molecule has 0 saturated heterocycles. The van der Waals surface area contributed by atoms with E-state index in [1.165, 1.54) is 4.90 Å². The fourth-order valence-corrected chi connectivity index (χ4v) is 1.47. The molecule has 0 aliphatic carbocycles. The molecule has 0 spiro atoms. The van der Waals surface area contributed by atoms with Crippen molar-refractivity contribution in [2.24, 2.45) is 5.73 Å². The number of hydrogen-bond acceptors (Lipinski definition) is 4. The van der Waals surface area contributed by atoms with Gasteiger partial charge in [-0.1, -0.05) is 19.8 Å². The van der Waals surface area contributed by atoms with E-state index in [4.69, 9.17) is 10.5 Å². The zero-order chi connectivity index (χ0) is 14.0. The number of nitrogens with one attached hydrogen (secondary N) is 1. The van der Waals surface area contributed by atoms with Gasteiger partial charge >= 0.3 is 0 Å². The first-order valence-corrected chi connectivity index (χ1v) is 6.29. The van der Waals surface area contributed by atoms with E-state index in [-0.39, 0.29) is 18.4 Å². The lowest BCUT2D eigenvalue weighted by Crippen LogP contribution is -2.46. The van der Waals surface area contributed by atoms with Gasteiger partial charge < -0.3 is 20.7 Å². The maximum Gasteiger partial charge on any atom is 0.239 e. The Kier molecular flexibility index (Phi) is 9.22. The van der Waals surface area contributed by atoms with E-state index in [1.807, 2.05) is 6.92 Å². The Hall–Kier alpha value is -1.14. The van der Waals surface area contributed by atoms with Gasteiger partial charge in [0.15, 0.2) is 0 Å². The van der Waals surface area contributed by atoms with Gasteiger partial charge in [0.25, 0.3) is 0 Å². The van der Waals surface area contributed by atoms with Crippen LogP contribution in [0.4, 0.5) is 0 Å². The van der Waals surface area contributed by atoms with E-state index in [0.29, 0.717) is 19.6 Å². The summed E-state index contributed by atoms with van der Waals surface area (Å²) in [5.74, 6) is -0.393. The lowest BCUT2D eigenvalue weighted by molar-refractivity contribution is -0.135. The molecule has 0 aromatic rings. The van der Waals surface area contributed by atoms with Crippen molar-refractivity contribution < 1.29 is 14.3 Å². The Morgan fingerprint density at radius 1 is 1.44 bits per heavy atom. The Morgan fingerprint density at radius 3 is 2.67 bits per heavy atom. The molecule has 0 rings (SSSR count). The van der Waals surface area contributed by atoms with Crippen molar-refractivity contribution in [2.45, 2.75) is 32.2 Å². The number of amides is 2. The minimum atomic E-state index is -0.512. The standard InChI is InChI=1S/C12H25N3O3/c1-4-5-6-10(13)12(17)15(2)9-11(16)14-7-8-18-3/h10H,4-9,13H2,1-3H3,(H,14,16). The first-order chi connectivity index (χ1) is 8.52. The van der Waals surface area contributed by atoms with E-state index in [0.717, 1.165) is 12.8 Å². The predicted octanol–water partition coefficient (Wildman–Crippen LogP) is -0.275. The van der Waals surface area contributed by atoms with Gasteiger partial charge in [-0.2, -0.15) is 0 Å². The summed E-state index contributed by atoms with van der Waals surface area (Å²) < 4.78 is 4.81. The van der Waals surface area contributed by atoms with Crippen molar-refractivity contribution in [2.75, 3.05) is 33.9 Å². The second-order valence-corrected chi connectivity index (χ2v) is 4.29. The zero-order valence-electron chi connectivity index (χ0n) is 11.6. The van der Waals surface area contributed by atoms with E-state index in [2.05, 4.69) is 5.32 Å². The number of nitrogens with zero attached hydrogens (tertiary/aromatic N) is 1. The molecule has 0 aromatic carbocycles. The van der Waals surface area contributed by atoms with Crippen LogP contribution in [0.15, 0.2) is 0 Å². The number of carbonyl (C=O) groups excluding carboxylic acids is 2. The predicted molar refractivity (Wildman–Crippen MR) is 70.0 cm³/mol. The van der Waals surface area contributed by atoms with E-state index in [9.17, 15) is 9.59 Å². The summed E-state index contributed by atoms with van der Waals surface area (Å²) >= 11 is 0. The highest BCUT2D eigenvalue weighted by Gasteiger charge is 2.19. The minimum Gasteiger partial charge on any atom is -0.383 e. The molecule has 3 N–H and O–H groups in total. The summed E-state index contributed by atoms with van der Waals surface area (Å²) in [5, 5.41) is 2.65. The van der Waals surface area contributed by atoms with Crippen molar-refractivity contribution in [1.82, 2.24) is 10.2 Å². The number of rotatable bonds is 9. The van der Waals surface area contributed by atoms with Crippen molar-refractivity contribution in [3.8, 4) is 0 Å². The number of methoxy groups -OCH3 is 1. The molecular formula is C12H25N3O3. The third-order valence-corrected chi connectivity index (χ3v) is 2.57. The van der Waals surface area contributed by atoms with Crippen molar-refractivity contribution in [3.63, 3.8) is 0 Å². The summed E-state index contributed by atoms with van der Waals surface area (Å²) in [6.07, 6.45) is 2.58. The van der Waals surface area contributed by atoms with Crippen LogP contribution < -0.4 is 11.1 Å². The lowest BCUT2D eigenvalue weighted by Gasteiger charge is -2.20. The summed E-state index contributed by atoms with van der Waals surface area (Å²) in [5.41, 5.74) is 5.76. The summed E-state index contributed by atoms with van der Waals surface area (Å²) in [4.78, 5) is 24.6. The van der Waals surface area contributed by atoms with Gasteiger partial charge in [-0.25, -0.2) is 0 Å². The smallest absolute Gasteiger partial charge is 0.239 e. The van der Waals surface area contributed by atoms with Crippen LogP contribution in [-0.2, 0) is 14.3 Å². The fourth-order valence-electron chi connectivity index (χ4n) is 1.47. The van der Waals surface area contributed by atoms with Gasteiger partial charge in [0.2, 0.25) is 11.8 Å². The van der Waals surface area contributed by atoms with Crippen LogP contribution in [0.3, 0.4) is 0 Å². The van der Waals surface area contributed by atoms with Crippen LogP contribution in [0.25, 0.3) is 0 Å². The highest BCUT2D eigenvalue weighted by atomic mass is 16.5. The molecule has 0 aromatic heterocycles. The molecule has 18 heavy (non-hydrogen) atoms. The molecule has 6 nitrogen and oxygen atoms in total. The number of carbonyl (C=O) groups is 2. The molecule has 106 valence electrons. The van der Waals surface area contributed by atoms with Gasteiger partial charge in [0.05, 0.1) is 19.2 Å². The maximum atomic E-state index is 11.8. The van der Waals surface area contributed by atoms with E-state index in [1.54, 1.807) is 14.2 Å². The Labute approximate surface area is 109 Å². The molecule has 6 heteroatoms. The first-order valence-electron chi connectivity index (χ1n) is 6.29. The second-order valence-electron chi connectivity index (χ2n) is 4.29. The van der Waals surface area contributed by atoms with Crippen LogP contribution in [0.2, 0.25) is 0 Å². The molecule has 0 fully saturated rings. The van der Waals surface area contributed by atoms with Crippen molar-refractivity contribution >= 4 is 11.8 Å². The molecule has 1 atom stereocenters. The summed E-state index contributed by atoms with van der Waals surface area (Å²) in [6.45, 7) is 2.98. The van der Waals surface area contributed by atoms with Gasteiger partial charge in [-0.15, -0.1) is 0 Å². The third-order valence-electron chi connectivity index (χ3n) is 2.57. The molecule has 0 bridgehead atoms. The van der Waals surface area contributed by atoms with Gasteiger partial charge in [-0.05, 0) is 6.42 Å². The lowest BCUT2D eigenvalue weighted by atomic mass is 10.1. The number of nitrogens with two attached hydrogens (primary N) is 1. The monoisotopic (exact) mass is 259 g/mol. The minimum absolute atomic E-state index is 0.0301. The quantitative estimate of drug-likeness (QED) is 0.558. The highest BCUT2D eigenvalue weighted by Crippen LogP contribution is 2.01. The number of unbranched alkanes of at least 4 members (excludes halogenated alkanes) is 1. The van der Waals surface area contributed by atoms with E-state index >= 15 is 0 Å². The van der Waals surface area contributed by atoms with Gasteiger partial charge in [0.1, 0.15) is 0 Å². The largest absolute Gasteiger partial charge is 0.383 e. The van der Waals surface area contributed by atoms with Crippen LogP contribution in [0.5, 0.6) is 0 Å². The fraction of sp³-hybridized carbons (Fsp3) is 0.833. The molecule has 0 saturated carbocycles. The normalized spacial score (nSPS) is 12.0. The average Bonchev–Trinajstić information content (AvgIpc) is 2.35. The number of hydrogen-bond donors (Lipinski definition) is 2. The molecule has 0 radical (unpaired) electrons. The zero-order valence-corrected chi connectivity index (χ0v) is 11.6. The third kappa shape index (κ3) is 7.24. The van der Waals surface area contributed by atoms with Crippen molar-refractivity contribution in [1.29, 1.82) is 0 Å². The Morgan fingerprint density at radius 2 is 2.11 bits per heavy atom. The average molecular weight is 259 g/mol. The topological polar surface area (TPSA) is 84.7 Å². The van der Waals surface area contributed by atoms with Crippen LogP contribution >= 0.6 is 0 Å². The highest BCUT2D eigenvalue weighted by molar-refractivity contribution is 5.87. The number of ether oxygens (including phenoxy) is 1. The SMILES string of the molecule is CCCCC(N)C(=O)N(C)CC(=O)NCCOC. The molecule has 0 aliphatic heterocycles. The molecule has 0 aliphatic rings. The van der Waals surface area contributed by atoms with Crippen molar-refractivity contribution in [3.05, 3.63) is 0 Å². The Bertz CT molecular complexity index is 259. The second kappa shape index (κ2) is 9.85. The van der Waals surface area contributed by atoms with Gasteiger partial charge in [-0.3, -0.25) is 9.59 Å². The maximum absolute atomic E-state index is 11.8. The Balaban J connectivity index is 3.95. The molecule has 1 unspecified atom stereocenters. The molecule has 2 amide bonds. The van der Waals surface area contributed by atoms with Crippen LogP contribution in [-0.4, -0.2) is 56.6 Å². The first kappa shape index (κ1) is 16.9. The molecular weight excluding hydrogens is 234 g/mol. The van der Waals surface area contributed by atoms with Crippen LogP contribution in [0, 0.1) is 0 Å². The van der Waals surface area contributed by atoms with Crippen LogP contribution in [0.1, 0.15) is 26.2 Å².